The van der Waals surface area contributed by atoms with Crippen LogP contribution in [0.4, 0.5) is 0 Å². The molecule has 0 aromatic heterocycles. The van der Waals surface area contributed by atoms with Crippen LogP contribution >= 0.6 is 0 Å². The van der Waals surface area contributed by atoms with E-state index < -0.39 is 6.10 Å². The minimum Gasteiger partial charge on any atom is -0.507 e. The van der Waals surface area contributed by atoms with E-state index in [2.05, 4.69) is 13.5 Å². The summed E-state index contributed by atoms with van der Waals surface area (Å²) in [6.07, 6.45) is 5.98. The average Bonchev–Trinajstić information content (AvgIpc) is 2.59. The predicted octanol–water partition coefficient (Wildman–Crippen LogP) is 3.84. The Hall–Kier alpha value is -1.88. The van der Waals surface area contributed by atoms with Crippen molar-refractivity contribution in [3.63, 3.8) is 0 Å². The normalized spacial score (nSPS) is 13.8. The van der Waals surface area contributed by atoms with Gasteiger partial charge in [0.2, 0.25) is 0 Å². The van der Waals surface area contributed by atoms with Gasteiger partial charge in [-0.2, -0.15) is 0 Å². The molecule has 0 saturated carbocycles. The summed E-state index contributed by atoms with van der Waals surface area (Å²) in [6.45, 7) is 6.19. The third-order valence-electron chi connectivity index (χ3n) is 4.00. The zero-order chi connectivity index (χ0) is 18.7. The first-order valence-corrected chi connectivity index (χ1v) is 8.66. The summed E-state index contributed by atoms with van der Waals surface area (Å²) in [7, 11) is 1.57. The molecule has 4 nitrogen and oxygen atoms in total. The molecule has 1 rings (SSSR count). The fourth-order valence-corrected chi connectivity index (χ4v) is 2.77. The minimum absolute atomic E-state index is 0.148. The van der Waals surface area contributed by atoms with Gasteiger partial charge in [0.15, 0.2) is 0 Å². The molecule has 25 heavy (non-hydrogen) atoms. The van der Waals surface area contributed by atoms with Gasteiger partial charge in [-0.1, -0.05) is 55.8 Å². The van der Waals surface area contributed by atoms with E-state index in [1.165, 1.54) is 5.57 Å². The van der Waals surface area contributed by atoms with Crippen molar-refractivity contribution in [3.05, 3.63) is 59.2 Å². The molecule has 0 heterocycles. The first-order chi connectivity index (χ1) is 12.0. The van der Waals surface area contributed by atoms with E-state index in [0.29, 0.717) is 30.6 Å². The fourth-order valence-electron chi connectivity index (χ4n) is 2.77. The quantitative estimate of drug-likeness (QED) is 0.533. The van der Waals surface area contributed by atoms with Gasteiger partial charge in [0.05, 0.1) is 19.3 Å². The Kier molecular flexibility index (Phi) is 9.85. The highest BCUT2D eigenvalue weighted by Crippen LogP contribution is 2.25. The van der Waals surface area contributed by atoms with E-state index in [1.54, 1.807) is 25.3 Å². The maximum Gasteiger partial charge on any atom is 0.122 e. The van der Waals surface area contributed by atoms with Gasteiger partial charge >= 0.3 is 0 Å². The van der Waals surface area contributed by atoms with Gasteiger partial charge in [0.1, 0.15) is 5.75 Å². The van der Waals surface area contributed by atoms with Gasteiger partial charge in [-0.25, -0.2) is 0 Å². The molecule has 0 fully saturated rings. The largest absolute Gasteiger partial charge is 0.507 e. The molecule has 0 aliphatic rings. The highest BCUT2D eigenvalue weighted by molar-refractivity contribution is 5.59. The average molecular weight is 346 g/mol. The van der Waals surface area contributed by atoms with Crippen LogP contribution in [0.15, 0.2) is 53.6 Å². The molecule has 1 aromatic carbocycles. The van der Waals surface area contributed by atoms with Crippen molar-refractivity contribution in [1.82, 2.24) is 0 Å². The molecule has 1 atom stereocenters. The number of para-hydroxylation sites is 1. The second-order valence-electron chi connectivity index (χ2n) is 6.04. The number of aromatic hydroxyl groups is 1. The lowest BCUT2D eigenvalue weighted by Crippen LogP contribution is -2.15. The number of rotatable bonds is 11. The molecule has 1 aromatic rings. The fraction of sp³-hybridized carbons (Fsp3) is 0.429. The lowest BCUT2D eigenvalue weighted by molar-refractivity contribution is 0.189. The van der Waals surface area contributed by atoms with Gasteiger partial charge in [0, 0.05) is 12.7 Å². The lowest BCUT2D eigenvalue weighted by Gasteiger charge is -2.18. The zero-order valence-electron chi connectivity index (χ0n) is 15.2. The standard InChI is InChI=1S/C21H30O4/c1-4-7-17(14-18-8-5-6-9-20(18)23)10-11-21(24)19(12-13-22)16(2)15-25-3/h5-6,8-9,12,14,21-24H,2,4,7,10-11,13,15H2,1,3H3/b17-14+,19-12-. The first kappa shape index (κ1) is 21.2. The van der Waals surface area contributed by atoms with E-state index in [0.717, 1.165) is 18.4 Å². The SMILES string of the molecule is C=C(COC)/C(=C/CO)C(O)CC/C(=C/c1ccccc1O)CCC. The van der Waals surface area contributed by atoms with E-state index in [-0.39, 0.29) is 12.4 Å². The van der Waals surface area contributed by atoms with E-state index in [1.807, 2.05) is 18.2 Å². The van der Waals surface area contributed by atoms with Gasteiger partial charge in [-0.3, -0.25) is 0 Å². The van der Waals surface area contributed by atoms with Gasteiger partial charge < -0.3 is 20.1 Å². The number of aliphatic hydroxyl groups is 2. The molecule has 3 N–H and O–H groups in total. The van der Waals surface area contributed by atoms with Crippen LogP contribution in [0.25, 0.3) is 6.08 Å². The Morgan fingerprint density at radius 1 is 1.28 bits per heavy atom. The monoisotopic (exact) mass is 346 g/mol. The predicted molar refractivity (Wildman–Crippen MR) is 102 cm³/mol. The number of phenolic OH excluding ortho intramolecular Hbond substituents is 1. The number of hydrogen-bond acceptors (Lipinski definition) is 4. The number of allylic oxidation sites excluding steroid dienone is 1. The highest BCUT2D eigenvalue weighted by Gasteiger charge is 2.14. The summed E-state index contributed by atoms with van der Waals surface area (Å²) in [5.74, 6) is 0.256. The van der Waals surface area contributed by atoms with Gasteiger partial charge in [-0.05, 0) is 36.5 Å². The molecule has 138 valence electrons. The van der Waals surface area contributed by atoms with E-state index >= 15 is 0 Å². The van der Waals surface area contributed by atoms with Crippen molar-refractivity contribution >= 4 is 6.08 Å². The molecular weight excluding hydrogens is 316 g/mol. The van der Waals surface area contributed by atoms with Crippen molar-refractivity contribution in [1.29, 1.82) is 0 Å². The van der Waals surface area contributed by atoms with Crippen LogP contribution in [-0.2, 0) is 4.74 Å². The first-order valence-electron chi connectivity index (χ1n) is 8.66. The van der Waals surface area contributed by atoms with Crippen LogP contribution in [-0.4, -0.2) is 41.7 Å². The number of methoxy groups -OCH3 is 1. The Morgan fingerprint density at radius 3 is 2.60 bits per heavy atom. The maximum atomic E-state index is 10.5. The van der Waals surface area contributed by atoms with Crippen molar-refractivity contribution < 1.29 is 20.1 Å². The van der Waals surface area contributed by atoms with Crippen LogP contribution in [0.5, 0.6) is 5.75 Å². The number of phenols is 1. The van der Waals surface area contributed by atoms with Crippen LogP contribution in [0.2, 0.25) is 0 Å². The Balaban J connectivity index is 2.84. The minimum atomic E-state index is -0.709. The van der Waals surface area contributed by atoms with Crippen molar-refractivity contribution in [2.45, 2.75) is 38.7 Å². The third-order valence-corrected chi connectivity index (χ3v) is 4.00. The molecule has 0 aliphatic heterocycles. The summed E-state index contributed by atoms with van der Waals surface area (Å²) in [6, 6.07) is 7.23. The van der Waals surface area contributed by atoms with Crippen LogP contribution in [0.1, 0.15) is 38.2 Å². The van der Waals surface area contributed by atoms with Gasteiger partial charge in [0.25, 0.3) is 0 Å². The number of aliphatic hydroxyl groups excluding tert-OH is 2. The molecule has 1 unspecified atom stereocenters. The second kappa shape index (κ2) is 11.6. The second-order valence-corrected chi connectivity index (χ2v) is 6.04. The molecule has 0 radical (unpaired) electrons. The summed E-state index contributed by atoms with van der Waals surface area (Å²) in [5, 5.41) is 29.6. The highest BCUT2D eigenvalue weighted by atomic mass is 16.5. The van der Waals surface area contributed by atoms with E-state index in [9.17, 15) is 15.3 Å². The molecule has 0 spiro atoms. The zero-order valence-corrected chi connectivity index (χ0v) is 15.2. The summed E-state index contributed by atoms with van der Waals surface area (Å²) in [5.41, 5.74) is 3.26. The smallest absolute Gasteiger partial charge is 0.122 e. The third kappa shape index (κ3) is 7.26. The van der Waals surface area contributed by atoms with Crippen LogP contribution in [0.3, 0.4) is 0 Å². The number of ether oxygens (including phenoxy) is 1. The number of benzene rings is 1. The van der Waals surface area contributed by atoms with Crippen LogP contribution in [0, 0.1) is 0 Å². The summed E-state index contributed by atoms with van der Waals surface area (Å²) >= 11 is 0. The topological polar surface area (TPSA) is 69.9 Å². The molecule has 0 aliphatic carbocycles. The molecular formula is C21H30O4. The van der Waals surface area contributed by atoms with Crippen molar-refractivity contribution in [2.24, 2.45) is 0 Å². The Morgan fingerprint density at radius 2 is 2.00 bits per heavy atom. The molecule has 0 amide bonds. The van der Waals surface area contributed by atoms with Gasteiger partial charge in [-0.15, -0.1) is 0 Å². The lowest BCUT2D eigenvalue weighted by atomic mass is 9.94. The van der Waals surface area contributed by atoms with E-state index in [4.69, 9.17) is 4.74 Å². The van der Waals surface area contributed by atoms with Crippen molar-refractivity contribution in [2.75, 3.05) is 20.3 Å². The van der Waals surface area contributed by atoms with Crippen molar-refractivity contribution in [3.8, 4) is 5.75 Å². The summed E-state index contributed by atoms with van der Waals surface area (Å²) < 4.78 is 5.07. The van der Waals surface area contributed by atoms with Crippen LogP contribution < -0.4 is 0 Å². The summed E-state index contributed by atoms with van der Waals surface area (Å²) in [4.78, 5) is 0. The number of hydrogen-bond donors (Lipinski definition) is 3. The maximum absolute atomic E-state index is 10.5. The Bertz CT molecular complexity index is 602. The molecule has 4 heteroatoms. The molecule has 0 saturated heterocycles. The Labute approximate surface area is 150 Å². The molecule has 0 bridgehead atoms.